The van der Waals surface area contributed by atoms with Gasteiger partial charge in [-0.25, -0.2) is 13.1 Å². The fourth-order valence-electron chi connectivity index (χ4n) is 1.84. The fraction of sp³-hybridized carbons (Fsp3) is 0.133. The van der Waals surface area contributed by atoms with Gasteiger partial charge in [0.05, 0.1) is 4.90 Å². The van der Waals surface area contributed by atoms with E-state index in [1.807, 2.05) is 12.1 Å². The van der Waals surface area contributed by atoms with Crippen molar-refractivity contribution in [2.45, 2.75) is 11.8 Å². The number of carbonyl (C=O) groups is 1. The number of rotatable bonds is 4. The van der Waals surface area contributed by atoms with E-state index in [1.54, 1.807) is 36.4 Å². The minimum absolute atomic E-state index is 0.0204. The van der Waals surface area contributed by atoms with Crippen molar-refractivity contribution in [3.63, 3.8) is 0 Å². The highest BCUT2D eigenvalue weighted by atomic mass is 32.2. The van der Waals surface area contributed by atoms with E-state index < -0.39 is 10.0 Å². The molecule has 2 rings (SSSR count). The van der Waals surface area contributed by atoms with Crippen molar-refractivity contribution in [3.05, 3.63) is 54.1 Å². The summed E-state index contributed by atoms with van der Waals surface area (Å²) in [7, 11) is -2.03. The normalized spacial score (nSPS) is 11.3. The van der Waals surface area contributed by atoms with Gasteiger partial charge in [-0.3, -0.25) is 4.79 Å². The van der Waals surface area contributed by atoms with E-state index in [0.29, 0.717) is 5.56 Å². The van der Waals surface area contributed by atoms with Crippen LogP contribution >= 0.6 is 0 Å². The summed E-state index contributed by atoms with van der Waals surface area (Å²) in [5.41, 5.74) is 2.49. The molecule has 0 amide bonds. The van der Waals surface area contributed by atoms with Gasteiger partial charge in [0.25, 0.3) is 0 Å². The maximum Gasteiger partial charge on any atom is 0.240 e. The lowest BCUT2D eigenvalue weighted by molar-refractivity contribution is 0.101. The lowest BCUT2D eigenvalue weighted by Crippen LogP contribution is -2.18. The molecule has 0 aliphatic heterocycles. The van der Waals surface area contributed by atoms with Gasteiger partial charge in [-0.1, -0.05) is 36.4 Å². The number of hydrogen-bond acceptors (Lipinski definition) is 3. The van der Waals surface area contributed by atoms with Gasteiger partial charge >= 0.3 is 0 Å². The van der Waals surface area contributed by atoms with E-state index in [1.165, 1.54) is 14.0 Å². The van der Waals surface area contributed by atoms with Crippen LogP contribution < -0.4 is 4.72 Å². The Bertz CT molecular complexity index is 717. The smallest absolute Gasteiger partial charge is 0.240 e. The zero-order chi connectivity index (χ0) is 14.8. The Labute approximate surface area is 118 Å². The summed E-state index contributed by atoms with van der Waals surface area (Å²) >= 11 is 0. The zero-order valence-electron chi connectivity index (χ0n) is 11.3. The molecule has 0 fully saturated rings. The van der Waals surface area contributed by atoms with Crippen LogP contribution in [0.15, 0.2) is 53.4 Å². The second kappa shape index (κ2) is 5.56. The largest absolute Gasteiger partial charge is 0.295 e. The van der Waals surface area contributed by atoms with Crippen molar-refractivity contribution in [3.8, 4) is 11.1 Å². The molecule has 0 bridgehead atoms. The van der Waals surface area contributed by atoms with Gasteiger partial charge in [-0.05, 0) is 37.2 Å². The Morgan fingerprint density at radius 1 is 0.900 bits per heavy atom. The predicted octanol–water partition coefficient (Wildman–Crippen LogP) is 2.46. The Hall–Kier alpha value is -1.98. The molecule has 5 heteroatoms. The number of Topliss-reactive ketones (excluding diaryl/α,β-unsaturated/α-hetero) is 1. The molecule has 0 unspecified atom stereocenters. The standard InChI is InChI=1S/C15H15NO3S/c1-11(17)12-3-5-13(6-4-12)14-7-9-15(10-8-14)20(18,19)16-2/h3-10,16H,1-2H3. The van der Waals surface area contributed by atoms with Crippen LogP contribution in [0.25, 0.3) is 11.1 Å². The first-order chi connectivity index (χ1) is 9.44. The molecule has 4 nitrogen and oxygen atoms in total. The van der Waals surface area contributed by atoms with Crippen LogP contribution in [0.3, 0.4) is 0 Å². The molecular weight excluding hydrogens is 274 g/mol. The maximum atomic E-state index is 11.6. The van der Waals surface area contributed by atoms with Crippen LogP contribution in [-0.4, -0.2) is 21.2 Å². The number of sulfonamides is 1. The van der Waals surface area contributed by atoms with Gasteiger partial charge < -0.3 is 0 Å². The average Bonchev–Trinajstić information content (AvgIpc) is 2.47. The Morgan fingerprint density at radius 2 is 1.35 bits per heavy atom. The third-order valence-electron chi connectivity index (χ3n) is 3.06. The first-order valence-electron chi connectivity index (χ1n) is 6.09. The molecule has 0 aliphatic rings. The fourth-order valence-corrected chi connectivity index (χ4v) is 2.57. The summed E-state index contributed by atoms with van der Waals surface area (Å²) in [5, 5.41) is 0. The molecule has 0 aliphatic carbocycles. The van der Waals surface area contributed by atoms with Crippen LogP contribution in [0.4, 0.5) is 0 Å². The summed E-state index contributed by atoms with van der Waals surface area (Å²) in [6, 6.07) is 13.8. The molecular formula is C15H15NO3S. The second-order valence-electron chi connectivity index (χ2n) is 4.37. The molecule has 2 aromatic carbocycles. The minimum atomic E-state index is -3.41. The van der Waals surface area contributed by atoms with Crippen molar-refractivity contribution in [1.82, 2.24) is 4.72 Å². The average molecular weight is 289 g/mol. The predicted molar refractivity (Wildman–Crippen MR) is 78.1 cm³/mol. The zero-order valence-corrected chi connectivity index (χ0v) is 12.1. The van der Waals surface area contributed by atoms with E-state index in [2.05, 4.69) is 4.72 Å². The van der Waals surface area contributed by atoms with E-state index >= 15 is 0 Å². The molecule has 0 atom stereocenters. The van der Waals surface area contributed by atoms with Gasteiger partial charge in [0.2, 0.25) is 10.0 Å². The van der Waals surface area contributed by atoms with E-state index in [9.17, 15) is 13.2 Å². The van der Waals surface area contributed by atoms with Crippen molar-refractivity contribution >= 4 is 15.8 Å². The van der Waals surface area contributed by atoms with Crippen molar-refractivity contribution in [1.29, 1.82) is 0 Å². The molecule has 20 heavy (non-hydrogen) atoms. The molecule has 1 N–H and O–H groups in total. The number of nitrogens with one attached hydrogen (secondary N) is 1. The van der Waals surface area contributed by atoms with Crippen molar-refractivity contribution < 1.29 is 13.2 Å². The van der Waals surface area contributed by atoms with E-state index in [0.717, 1.165) is 11.1 Å². The quantitative estimate of drug-likeness (QED) is 0.879. The minimum Gasteiger partial charge on any atom is -0.295 e. The van der Waals surface area contributed by atoms with Crippen LogP contribution in [0.5, 0.6) is 0 Å². The first kappa shape index (κ1) is 14.4. The van der Waals surface area contributed by atoms with Gasteiger partial charge in [-0.15, -0.1) is 0 Å². The lowest BCUT2D eigenvalue weighted by Gasteiger charge is -2.05. The topological polar surface area (TPSA) is 63.2 Å². The SMILES string of the molecule is CNS(=O)(=O)c1ccc(-c2ccc(C(C)=O)cc2)cc1. The molecule has 0 aromatic heterocycles. The Kier molecular flexibility index (Phi) is 4.01. The van der Waals surface area contributed by atoms with Crippen LogP contribution in [0.2, 0.25) is 0 Å². The van der Waals surface area contributed by atoms with E-state index in [4.69, 9.17) is 0 Å². The molecule has 0 heterocycles. The number of ketones is 1. The summed E-state index contributed by atoms with van der Waals surface area (Å²) in [6.07, 6.45) is 0. The highest BCUT2D eigenvalue weighted by molar-refractivity contribution is 7.89. The monoisotopic (exact) mass is 289 g/mol. The highest BCUT2D eigenvalue weighted by Gasteiger charge is 2.10. The molecule has 2 aromatic rings. The second-order valence-corrected chi connectivity index (χ2v) is 6.25. The molecule has 0 radical (unpaired) electrons. The molecule has 0 spiro atoms. The van der Waals surface area contributed by atoms with Crippen LogP contribution in [0.1, 0.15) is 17.3 Å². The molecule has 0 saturated carbocycles. The summed E-state index contributed by atoms with van der Waals surface area (Å²) in [6.45, 7) is 1.52. The Balaban J connectivity index is 2.33. The van der Waals surface area contributed by atoms with Crippen LogP contribution in [0, 0.1) is 0 Å². The Morgan fingerprint density at radius 3 is 1.75 bits per heavy atom. The number of benzene rings is 2. The van der Waals surface area contributed by atoms with Gasteiger partial charge in [0, 0.05) is 5.56 Å². The first-order valence-corrected chi connectivity index (χ1v) is 7.57. The number of carbonyl (C=O) groups excluding carboxylic acids is 1. The third kappa shape index (κ3) is 2.95. The highest BCUT2D eigenvalue weighted by Crippen LogP contribution is 2.21. The van der Waals surface area contributed by atoms with Gasteiger partial charge in [-0.2, -0.15) is 0 Å². The van der Waals surface area contributed by atoms with Gasteiger partial charge in [0.15, 0.2) is 5.78 Å². The van der Waals surface area contributed by atoms with Crippen molar-refractivity contribution in [2.75, 3.05) is 7.05 Å². The van der Waals surface area contributed by atoms with Crippen LogP contribution in [-0.2, 0) is 10.0 Å². The van der Waals surface area contributed by atoms with Gasteiger partial charge in [0.1, 0.15) is 0 Å². The summed E-state index contributed by atoms with van der Waals surface area (Å²) < 4.78 is 25.5. The summed E-state index contributed by atoms with van der Waals surface area (Å²) in [4.78, 5) is 11.4. The summed E-state index contributed by atoms with van der Waals surface area (Å²) in [5.74, 6) is 0.0204. The number of hydrogen-bond donors (Lipinski definition) is 1. The molecule has 104 valence electrons. The third-order valence-corrected chi connectivity index (χ3v) is 4.49. The van der Waals surface area contributed by atoms with Crippen molar-refractivity contribution in [2.24, 2.45) is 0 Å². The molecule has 0 saturated heterocycles. The lowest BCUT2D eigenvalue weighted by atomic mass is 10.0. The van der Waals surface area contributed by atoms with E-state index in [-0.39, 0.29) is 10.7 Å². The maximum absolute atomic E-state index is 11.6.